The number of rotatable bonds is 3. The Morgan fingerprint density at radius 1 is 1.38 bits per heavy atom. The van der Waals surface area contributed by atoms with Crippen LogP contribution in [0.5, 0.6) is 0 Å². The zero-order valence-electron chi connectivity index (χ0n) is 8.25. The quantitative estimate of drug-likeness (QED) is 0.750. The Bertz CT molecular complexity index is 282. The third-order valence-corrected chi connectivity index (χ3v) is 2.46. The minimum absolute atomic E-state index is 0.709. The molecule has 0 heterocycles. The molecule has 1 nitrogen and oxygen atoms in total. The number of aliphatic hydroxyl groups is 1. The van der Waals surface area contributed by atoms with Gasteiger partial charge in [0.15, 0.2) is 0 Å². The van der Waals surface area contributed by atoms with Gasteiger partial charge in [0, 0.05) is 0 Å². The van der Waals surface area contributed by atoms with E-state index in [0.717, 1.165) is 17.5 Å². The van der Waals surface area contributed by atoms with Crippen LogP contribution < -0.4 is 0 Å². The second-order valence-corrected chi connectivity index (χ2v) is 3.45. The fourth-order valence-electron chi connectivity index (χ4n) is 1.18. The van der Waals surface area contributed by atoms with E-state index >= 15 is 0 Å². The normalized spacial score (nSPS) is 15.0. The average Bonchev–Trinajstić information content (AvgIpc) is 2.18. The first-order valence-corrected chi connectivity index (χ1v) is 4.55. The van der Waals surface area contributed by atoms with Crippen molar-refractivity contribution in [1.82, 2.24) is 0 Å². The molecule has 70 valence electrons. The topological polar surface area (TPSA) is 20.2 Å². The maximum absolute atomic E-state index is 9.93. The van der Waals surface area contributed by atoms with Gasteiger partial charge in [0.05, 0.1) is 5.60 Å². The molecule has 1 aromatic carbocycles. The van der Waals surface area contributed by atoms with Crippen molar-refractivity contribution in [3.8, 4) is 0 Å². The number of hydrogen-bond acceptors (Lipinski definition) is 1. The van der Waals surface area contributed by atoms with Crippen LogP contribution in [-0.4, -0.2) is 5.11 Å². The van der Waals surface area contributed by atoms with E-state index in [1.165, 1.54) is 0 Å². The Hall–Kier alpha value is -1.08. The summed E-state index contributed by atoms with van der Waals surface area (Å²) >= 11 is 0. The zero-order chi connectivity index (χ0) is 9.90. The van der Waals surface area contributed by atoms with Gasteiger partial charge in [-0.2, -0.15) is 0 Å². The van der Waals surface area contributed by atoms with Gasteiger partial charge in [0.25, 0.3) is 0 Å². The zero-order valence-corrected chi connectivity index (χ0v) is 8.25. The molecule has 1 N–H and O–H groups in total. The largest absolute Gasteiger partial charge is 0.385 e. The van der Waals surface area contributed by atoms with Crippen molar-refractivity contribution in [2.75, 3.05) is 0 Å². The molecule has 0 fully saturated rings. The first-order chi connectivity index (χ1) is 6.10. The Labute approximate surface area is 79.7 Å². The second kappa shape index (κ2) is 3.75. The molecule has 0 bridgehead atoms. The highest BCUT2D eigenvalue weighted by Gasteiger charge is 2.19. The lowest BCUT2D eigenvalue weighted by molar-refractivity contribution is 0.0531. The first kappa shape index (κ1) is 10.0. The Balaban J connectivity index is 2.98. The highest BCUT2D eigenvalue weighted by molar-refractivity contribution is 5.47. The first-order valence-electron chi connectivity index (χ1n) is 4.55. The number of hydrogen-bond donors (Lipinski definition) is 1. The fourth-order valence-corrected chi connectivity index (χ4v) is 1.18. The molecule has 0 saturated heterocycles. The lowest BCUT2D eigenvalue weighted by Gasteiger charge is -2.21. The van der Waals surface area contributed by atoms with Crippen LogP contribution in [0.4, 0.5) is 0 Å². The predicted molar refractivity (Wildman–Crippen MR) is 56.4 cm³/mol. The molecule has 0 saturated carbocycles. The molecule has 1 rings (SSSR count). The molecule has 0 aliphatic rings. The monoisotopic (exact) mass is 176 g/mol. The molecular weight excluding hydrogens is 160 g/mol. The Kier molecular flexibility index (Phi) is 2.89. The van der Waals surface area contributed by atoms with Crippen molar-refractivity contribution in [2.24, 2.45) is 0 Å². The smallest absolute Gasteiger partial charge is 0.0865 e. The summed E-state index contributed by atoms with van der Waals surface area (Å²) in [6.45, 7) is 7.48. The Morgan fingerprint density at radius 3 is 2.31 bits per heavy atom. The lowest BCUT2D eigenvalue weighted by Crippen LogP contribution is -2.19. The summed E-state index contributed by atoms with van der Waals surface area (Å²) in [5, 5.41) is 9.93. The molecule has 0 aromatic heterocycles. The fraction of sp³-hybridized carbons (Fsp3) is 0.333. The summed E-state index contributed by atoms with van der Waals surface area (Å²) in [6, 6.07) is 7.82. The van der Waals surface area contributed by atoms with Crippen LogP contribution in [0.3, 0.4) is 0 Å². The Morgan fingerprint density at radius 2 is 1.92 bits per heavy atom. The third kappa shape index (κ3) is 2.19. The van der Waals surface area contributed by atoms with Crippen LogP contribution in [0.2, 0.25) is 0 Å². The molecule has 0 spiro atoms. The molecule has 1 atom stereocenters. The molecule has 0 aliphatic carbocycles. The third-order valence-electron chi connectivity index (χ3n) is 2.46. The molecule has 13 heavy (non-hydrogen) atoms. The van der Waals surface area contributed by atoms with Crippen LogP contribution in [0.15, 0.2) is 30.8 Å². The summed E-state index contributed by atoms with van der Waals surface area (Å²) in [4.78, 5) is 0. The van der Waals surface area contributed by atoms with Crippen LogP contribution >= 0.6 is 0 Å². The molecule has 1 heteroatoms. The molecular formula is C12H16O. The van der Waals surface area contributed by atoms with Crippen molar-refractivity contribution >= 4 is 6.08 Å². The summed E-state index contributed by atoms with van der Waals surface area (Å²) in [6.07, 6.45) is 2.52. The van der Waals surface area contributed by atoms with E-state index in [0.29, 0.717) is 0 Å². The van der Waals surface area contributed by atoms with Crippen molar-refractivity contribution in [1.29, 1.82) is 0 Å². The average molecular weight is 176 g/mol. The SMILES string of the molecule is C=Cc1ccc(C(C)(O)CC)cc1. The summed E-state index contributed by atoms with van der Waals surface area (Å²) in [5.41, 5.74) is 1.33. The van der Waals surface area contributed by atoms with Gasteiger partial charge in [0.2, 0.25) is 0 Å². The highest BCUT2D eigenvalue weighted by atomic mass is 16.3. The van der Waals surface area contributed by atoms with Gasteiger partial charge in [-0.1, -0.05) is 43.8 Å². The maximum atomic E-state index is 9.93. The lowest BCUT2D eigenvalue weighted by atomic mass is 9.93. The van der Waals surface area contributed by atoms with Crippen molar-refractivity contribution in [3.63, 3.8) is 0 Å². The van der Waals surface area contributed by atoms with Gasteiger partial charge < -0.3 is 5.11 Å². The van der Waals surface area contributed by atoms with E-state index in [-0.39, 0.29) is 0 Å². The second-order valence-electron chi connectivity index (χ2n) is 3.45. The predicted octanol–water partition coefficient (Wildman–Crippen LogP) is 2.95. The highest BCUT2D eigenvalue weighted by Crippen LogP contribution is 2.24. The van der Waals surface area contributed by atoms with Crippen molar-refractivity contribution in [3.05, 3.63) is 42.0 Å². The summed E-state index contributed by atoms with van der Waals surface area (Å²) < 4.78 is 0. The summed E-state index contributed by atoms with van der Waals surface area (Å²) in [7, 11) is 0. The van der Waals surface area contributed by atoms with Gasteiger partial charge in [-0.15, -0.1) is 0 Å². The van der Waals surface area contributed by atoms with E-state index in [2.05, 4.69) is 6.58 Å². The van der Waals surface area contributed by atoms with Gasteiger partial charge in [0.1, 0.15) is 0 Å². The van der Waals surface area contributed by atoms with Gasteiger partial charge in [-0.25, -0.2) is 0 Å². The minimum Gasteiger partial charge on any atom is -0.385 e. The van der Waals surface area contributed by atoms with Gasteiger partial charge in [-0.05, 0) is 24.5 Å². The molecule has 0 radical (unpaired) electrons. The molecule has 0 amide bonds. The van der Waals surface area contributed by atoms with E-state index in [9.17, 15) is 5.11 Å². The van der Waals surface area contributed by atoms with Crippen LogP contribution in [0.25, 0.3) is 6.08 Å². The van der Waals surface area contributed by atoms with E-state index in [4.69, 9.17) is 0 Å². The standard InChI is InChI=1S/C12H16O/c1-4-10-6-8-11(9-7-10)12(3,13)5-2/h4,6-9,13H,1,5H2,2-3H3. The molecule has 1 aromatic rings. The van der Waals surface area contributed by atoms with E-state index in [1.807, 2.05) is 38.1 Å². The van der Waals surface area contributed by atoms with Crippen molar-refractivity contribution < 1.29 is 5.11 Å². The van der Waals surface area contributed by atoms with Crippen LogP contribution in [0, 0.1) is 0 Å². The number of benzene rings is 1. The van der Waals surface area contributed by atoms with E-state index < -0.39 is 5.60 Å². The van der Waals surface area contributed by atoms with E-state index in [1.54, 1.807) is 6.08 Å². The van der Waals surface area contributed by atoms with Crippen LogP contribution in [0.1, 0.15) is 31.4 Å². The summed E-state index contributed by atoms with van der Waals surface area (Å²) in [5.74, 6) is 0. The molecule has 1 unspecified atom stereocenters. The maximum Gasteiger partial charge on any atom is 0.0865 e. The minimum atomic E-state index is -0.709. The van der Waals surface area contributed by atoms with Gasteiger partial charge in [-0.3, -0.25) is 0 Å². The van der Waals surface area contributed by atoms with Gasteiger partial charge >= 0.3 is 0 Å². The van der Waals surface area contributed by atoms with Crippen LogP contribution in [-0.2, 0) is 5.60 Å². The molecule has 0 aliphatic heterocycles. The van der Waals surface area contributed by atoms with Crippen molar-refractivity contribution in [2.45, 2.75) is 25.9 Å².